The van der Waals surface area contributed by atoms with Crippen molar-refractivity contribution in [2.45, 2.75) is 39.3 Å². The molecule has 1 aliphatic rings. The molecule has 5 nitrogen and oxygen atoms in total. The van der Waals surface area contributed by atoms with Crippen LogP contribution in [0.5, 0.6) is 0 Å². The Morgan fingerprint density at radius 1 is 1.59 bits per heavy atom. The first-order valence-electron chi connectivity index (χ1n) is 7.27. The summed E-state index contributed by atoms with van der Waals surface area (Å²) in [6.07, 6.45) is 2.57. The molecule has 0 aromatic carbocycles. The Labute approximate surface area is 148 Å². The lowest BCUT2D eigenvalue weighted by Gasteiger charge is -2.35. The lowest BCUT2D eigenvalue weighted by atomic mass is 9.99. The highest BCUT2D eigenvalue weighted by molar-refractivity contribution is 7.09. The van der Waals surface area contributed by atoms with Crippen molar-refractivity contribution >= 4 is 42.1 Å². The fourth-order valence-corrected chi connectivity index (χ4v) is 3.25. The molecule has 3 N–H and O–H groups in total. The summed E-state index contributed by atoms with van der Waals surface area (Å²) >= 11 is 1.43. The number of aromatic nitrogens is 1. The topological polar surface area (TPSA) is 71.2 Å². The first-order chi connectivity index (χ1) is 9.60. The second-order valence-electron chi connectivity index (χ2n) is 5.63. The predicted octanol–water partition coefficient (Wildman–Crippen LogP) is 2.30. The van der Waals surface area contributed by atoms with E-state index in [2.05, 4.69) is 29.0 Å². The van der Waals surface area contributed by atoms with Crippen LogP contribution in [0.1, 0.15) is 42.2 Å². The summed E-state index contributed by atoms with van der Waals surface area (Å²) in [7, 11) is 0. The van der Waals surface area contributed by atoms with Gasteiger partial charge in [-0.1, -0.05) is 6.92 Å². The molecular weight excluding hydrogens is 343 g/mol. The Hall–Kier alpha value is -0.400. The van der Waals surface area contributed by atoms with E-state index in [1.165, 1.54) is 24.2 Å². The summed E-state index contributed by atoms with van der Waals surface area (Å²) in [5.41, 5.74) is 5.99. The van der Waals surface area contributed by atoms with Crippen LogP contribution >= 0.6 is 36.2 Å². The number of piperidine rings is 1. The molecule has 1 aliphatic heterocycles. The lowest BCUT2D eigenvalue weighted by molar-refractivity contribution is 0.0913. The summed E-state index contributed by atoms with van der Waals surface area (Å²) in [6.45, 7) is 7.78. The number of likely N-dealkylation sites (tertiary alicyclic amines) is 1. The molecule has 1 aromatic rings. The van der Waals surface area contributed by atoms with Gasteiger partial charge in [0.1, 0.15) is 10.7 Å². The van der Waals surface area contributed by atoms with Gasteiger partial charge in [-0.15, -0.1) is 36.2 Å². The summed E-state index contributed by atoms with van der Waals surface area (Å²) in [5, 5.41) is 5.54. The van der Waals surface area contributed by atoms with Gasteiger partial charge in [0, 0.05) is 31.1 Å². The summed E-state index contributed by atoms with van der Waals surface area (Å²) < 4.78 is 0. The Bertz CT molecular complexity index is 458. The number of halogens is 2. The minimum atomic E-state index is -0.0992. The van der Waals surface area contributed by atoms with Crippen molar-refractivity contribution in [1.29, 1.82) is 0 Å². The second-order valence-corrected chi connectivity index (χ2v) is 6.57. The van der Waals surface area contributed by atoms with Gasteiger partial charge < -0.3 is 11.1 Å². The maximum atomic E-state index is 12.0. The van der Waals surface area contributed by atoms with E-state index in [1.54, 1.807) is 5.38 Å². The normalized spacial score (nSPS) is 19.7. The number of amides is 1. The van der Waals surface area contributed by atoms with Gasteiger partial charge >= 0.3 is 0 Å². The van der Waals surface area contributed by atoms with Crippen molar-refractivity contribution in [2.75, 3.05) is 19.6 Å². The third-order valence-corrected chi connectivity index (χ3v) is 4.70. The highest BCUT2D eigenvalue weighted by atomic mass is 35.5. The molecule has 2 unspecified atom stereocenters. The van der Waals surface area contributed by atoms with Crippen molar-refractivity contribution in [3.63, 3.8) is 0 Å². The fraction of sp³-hybridized carbons (Fsp3) is 0.714. The minimum Gasteiger partial charge on any atom is -0.349 e. The van der Waals surface area contributed by atoms with Gasteiger partial charge in [-0.05, 0) is 32.2 Å². The van der Waals surface area contributed by atoms with E-state index < -0.39 is 0 Å². The van der Waals surface area contributed by atoms with Crippen molar-refractivity contribution in [1.82, 2.24) is 15.2 Å². The first kappa shape index (κ1) is 21.6. The van der Waals surface area contributed by atoms with Crippen molar-refractivity contribution < 1.29 is 4.79 Å². The number of carbonyl (C=O) groups is 1. The summed E-state index contributed by atoms with van der Waals surface area (Å²) in [5.74, 6) is 0.658. The lowest BCUT2D eigenvalue weighted by Crippen LogP contribution is -2.46. The number of nitrogens with one attached hydrogen (secondary N) is 1. The van der Waals surface area contributed by atoms with Gasteiger partial charge in [-0.3, -0.25) is 9.69 Å². The quantitative estimate of drug-likeness (QED) is 0.836. The standard InChI is InChI=1S/C14H24N4OS.2ClH/c1-10-4-3-5-18(8-10)11(2)7-16-14(19)12-9-20-13(6-15)17-12;;/h9-11H,3-8,15H2,1-2H3,(H,16,19);2*1H. The number of thiazole rings is 1. The number of rotatable bonds is 5. The third kappa shape index (κ3) is 6.01. The van der Waals surface area contributed by atoms with Gasteiger partial charge in [0.05, 0.1) is 0 Å². The molecule has 2 heterocycles. The van der Waals surface area contributed by atoms with Crippen LogP contribution in [-0.2, 0) is 6.54 Å². The zero-order chi connectivity index (χ0) is 14.5. The van der Waals surface area contributed by atoms with Gasteiger partial charge in [0.2, 0.25) is 0 Å². The molecule has 1 saturated heterocycles. The molecule has 22 heavy (non-hydrogen) atoms. The van der Waals surface area contributed by atoms with E-state index in [4.69, 9.17) is 5.73 Å². The van der Waals surface area contributed by atoms with Crippen LogP contribution in [0.15, 0.2) is 5.38 Å². The molecule has 0 aliphatic carbocycles. The number of hydrogen-bond donors (Lipinski definition) is 2. The SMILES string of the molecule is CC1CCCN(C(C)CNC(=O)c2csc(CN)n2)C1.Cl.Cl. The smallest absolute Gasteiger partial charge is 0.270 e. The van der Waals surface area contributed by atoms with Crippen LogP contribution in [-0.4, -0.2) is 41.5 Å². The Morgan fingerprint density at radius 2 is 2.32 bits per heavy atom. The second kappa shape index (κ2) is 10.4. The van der Waals surface area contributed by atoms with Crippen molar-refractivity contribution in [3.8, 4) is 0 Å². The molecule has 0 radical (unpaired) electrons. The molecule has 1 aromatic heterocycles. The zero-order valence-electron chi connectivity index (χ0n) is 13.1. The van der Waals surface area contributed by atoms with Gasteiger partial charge in [0.25, 0.3) is 5.91 Å². The van der Waals surface area contributed by atoms with Crippen LogP contribution in [0.2, 0.25) is 0 Å². The van der Waals surface area contributed by atoms with Gasteiger partial charge in [0.15, 0.2) is 0 Å². The van der Waals surface area contributed by atoms with Crippen LogP contribution in [0, 0.1) is 5.92 Å². The molecule has 1 amide bonds. The van der Waals surface area contributed by atoms with E-state index in [0.717, 1.165) is 24.0 Å². The molecular formula is C14H26Cl2N4OS. The molecule has 0 bridgehead atoms. The Kier molecular flexibility index (Phi) is 10.2. The summed E-state index contributed by atoms with van der Waals surface area (Å²) in [4.78, 5) is 18.7. The van der Waals surface area contributed by atoms with E-state index in [9.17, 15) is 4.79 Å². The number of carbonyl (C=O) groups excluding carboxylic acids is 1. The van der Waals surface area contributed by atoms with E-state index in [-0.39, 0.29) is 30.7 Å². The van der Waals surface area contributed by atoms with E-state index >= 15 is 0 Å². The number of nitrogens with zero attached hydrogens (tertiary/aromatic N) is 2. The highest BCUT2D eigenvalue weighted by Crippen LogP contribution is 2.17. The molecule has 2 atom stereocenters. The molecule has 1 fully saturated rings. The van der Waals surface area contributed by atoms with Gasteiger partial charge in [-0.25, -0.2) is 4.98 Å². The molecule has 0 saturated carbocycles. The monoisotopic (exact) mass is 368 g/mol. The molecule has 128 valence electrons. The number of nitrogens with two attached hydrogens (primary N) is 1. The molecule has 2 rings (SSSR count). The Balaban J connectivity index is 0.00000220. The van der Waals surface area contributed by atoms with Crippen molar-refractivity contribution in [3.05, 3.63) is 16.1 Å². The first-order valence-corrected chi connectivity index (χ1v) is 8.14. The largest absolute Gasteiger partial charge is 0.349 e. The Morgan fingerprint density at radius 3 is 2.91 bits per heavy atom. The van der Waals surface area contributed by atoms with E-state index in [1.807, 2.05) is 0 Å². The molecule has 0 spiro atoms. The van der Waals surface area contributed by atoms with Crippen LogP contribution in [0.3, 0.4) is 0 Å². The minimum absolute atomic E-state index is 0. The summed E-state index contributed by atoms with van der Waals surface area (Å²) in [6, 6.07) is 0.370. The average molecular weight is 369 g/mol. The third-order valence-electron chi connectivity index (χ3n) is 3.83. The zero-order valence-corrected chi connectivity index (χ0v) is 15.5. The van der Waals surface area contributed by atoms with Crippen LogP contribution in [0.25, 0.3) is 0 Å². The van der Waals surface area contributed by atoms with Crippen LogP contribution in [0.4, 0.5) is 0 Å². The number of hydrogen-bond acceptors (Lipinski definition) is 5. The maximum Gasteiger partial charge on any atom is 0.270 e. The van der Waals surface area contributed by atoms with Crippen LogP contribution < -0.4 is 11.1 Å². The molecule has 8 heteroatoms. The van der Waals surface area contributed by atoms with Crippen molar-refractivity contribution in [2.24, 2.45) is 11.7 Å². The highest BCUT2D eigenvalue weighted by Gasteiger charge is 2.21. The fourth-order valence-electron chi connectivity index (χ4n) is 2.60. The average Bonchev–Trinajstić information content (AvgIpc) is 2.93. The predicted molar refractivity (Wildman–Crippen MR) is 96.3 cm³/mol. The maximum absolute atomic E-state index is 12.0. The van der Waals surface area contributed by atoms with E-state index in [0.29, 0.717) is 24.8 Å². The van der Waals surface area contributed by atoms with Gasteiger partial charge in [-0.2, -0.15) is 0 Å².